The van der Waals surface area contributed by atoms with Gasteiger partial charge in [-0.25, -0.2) is 9.37 Å². The van der Waals surface area contributed by atoms with E-state index < -0.39 is 5.91 Å². The fourth-order valence-corrected chi connectivity index (χ4v) is 4.40. The van der Waals surface area contributed by atoms with Crippen LogP contribution >= 0.6 is 11.8 Å². The number of aromatic nitrogens is 2. The second-order valence-electron chi connectivity index (χ2n) is 6.82. The third-order valence-corrected chi connectivity index (χ3v) is 6.00. The lowest BCUT2D eigenvalue weighted by molar-refractivity contribution is -0.120. The van der Waals surface area contributed by atoms with Gasteiger partial charge in [0.2, 0.25) is 5.91 Å². The van der Waals surface area contributed by atoms with Gasteiger partial charge in [0.05, 0.1) is 10.9 Å². The highest BCUT2D eigenvalue weighted by atomic mass is 32.2. The lowest BCUT2D eigenvalue weighted by Gasteiger charge is -2.17. The molecule has 2 aromatic heterocycles. The number of rotatable bonds is 4. The summed E-state index contributed by atoms with van der Waals surface area (Å²) in [6.07, 6.45) is 1.75. The minimum atomic E-state index is -0.575. The Morgan fingerprint density at radius 1 is 1.30 bits per heavy atom. The summed E-state index contributed by atoms with van der Waals surface area (Å²) in [7, 11) is 0. The molecule has 1 saturated heterocycles. The summed E-state index contributed by atoms with van der Waals surface area (Å²) in [6.45, 7) is 0.718. The molecule has 4 rings (SSSR count). The van der Waals surface area contributed by atoms with Crippen LogP contribution in [-0.4, -0.2) is 39.2 Å². The van der Waals surface area contributed by atoms with Crippen molar-refractivity contribution in [3.8, 4) is 5.75 Å². The van der Waals surface area contributed by atoms with Crippen molar-refractivity contribution in [2.75, 3.05) is 12.3 Å². The minimum Gasteiger partial charge on any atom is -0.504 e. The van der Waals surface area contributed by atoms with E-state index in [1.807, 2.05) is 0 Å². The molecule has 1 atom stereocenters. The van der Waals surface area contributed by atoms with E-state index in [-0.39, 0.29) is 46.9 Å². The first-order valence-corrected chi connectivity index (χ1v) is 10.5. The summed E-state index contributed by atoms with van der Waals surface area (Å²) in [5, 5.41) is 16.5. The number of nitrogens with zero attached hydrogens (tertiary/aromatic N) is 2. The van der Waals surface area contributed by atoms with Gasteiger partial charge in [0.1, 0.15) is 11.3 Å². The zero-order valence-corrected chi connectivity index (χ0v) is 16.7. The maximum Gasteiger partial charge on any atom is 0.274 e. The third kappa shape index (κ3) is 4.20. The number of halogens is 1. The molecule has 3 N–H and O–H groups in total. The molecule has 0 radical (unpaired) electrons. The molecule has 0 aliphatic carbocycles. The average molecular weight is 426 g/mol. The van der Waals surface area contributed by atoms with Crippen molar-refractivity contribution < 1.29 is 19.1 Å². The van der Waals surface area contributed by atoms with Gasteiger partial charge in [-0.05, 0) is 29.8 Å². The van der Waals surface area contributed by atoms with Crippen molar-refractivity contribution in [2.45, 2.75) is 18.2 Å². The van der Waals surface area contributed by atoms with E-state index in [9.17, 15) is 19.1 Å². The first-order valence-electron chi connectivity index (χ1n) is 9.41. The molecule has 0 saturated carbocycles. The molecular weight excluding hydrogens is 407 g/mol. The highest BCUT2D eigenvalue weighted by Gasteiger charge is 2.27. The zero-order valence-electron chi connectivity index (χ0n) is 15.9. The van der Waals surface area contributed by atoms with Crippen LogP contribution in [0.2, 0.25) is 0 Å². The van der Waals surface area contributed by atoms with Crippen LogP contribution in [0.5, 0.6) is 5.75 Å². The lowest BCUT2D eigenvalue weighted by atomic mass is 10.1. The minimum absolute atomic E-state index is 0.0840. The SMILES string of the molecule is O=C1CC(c2nc(C(=O)NCc3ccc(F)cc3)c(O)c3ncccc23)SCCN1. The molecule has 1 aromatic carbocycles. The predicted molar refractivity (Wildman–Crippen MR) is 112 cm³/mol. The Morgan fingerprint density at radius 3 is 2.90 bits per heavy atom. The maximum absolute atomic E-state index is 13.1. The number of fused-ring (bicyclic) bond motifs is 1. The number of carbonyl (C=O) groups is 2. The number of pyridine rings is 2. The van der Waals surface area contributed by atoms with Crippen LogP contribution in [0.3, 0.4) is 0 Å². The predicted octanol–water partition coefficient (Wildman–Crippen LogP) is 2.70. The Hall–Kier alpha value is -3.20. The van der Waals surface area contributed by atoms with Crippen molar-refractivity contribution in [3.05, 3.63) is 65.4 Å². The van der Waals surface area contributed by atoms with Crippen LogP contribution in [-0.2, 0) is 11.3 Å². The summed E-state index contributed by atoms with van der Waals surface area (Å²) in [5.74, 6) is -0.617. The van der Waals surface area contributed by atoms with Gasteiger partial charge >= 0.3 is 0 Å². The van der Waals surface area contributed by atoms with E-state index in [4.69, 9.17) is 0 Å². The second-order valence-corrected chi connectivity index (χ2v) is 8.13. The van der Waals surface area contributed by atoms with E-state index in [2.05, 4.69) is 20.6 Å². The smallest absolute Gasteiger partial charge is 0.274 e. The number of hydrogen-bond acceptors (Lipinski definition) is 6. The van der Waals surface area contributed by atoms with Crippen molar-refractivity contribution in [2.24, 2.45) is 0 Å². The lowest BCUT2D eigenvalue weighted by Crippen LogP contribution is -2.25. The van der Waals surface area contributed by atoms with Gasteiger partial charge in [-0.1, -0.05) is 12.1 Å². The van der Waals surface area contributed by atoms with Crippen LogP contribution < -0.4 is 10.6 Å². The monoisotopic (exact) mass is 426 g/mol. The molecule has 2 amide bonds. The van der Waals surface area contributed by atoms with Crippen molar-refractivity contribution >= 4 is 34.5 Å². The highest BCUT2D eigenvalue weighted by Crippen LogP contribution is 2.38. The highest BCUT2D eigenvalue weighted by molar-refractivity contribution is 7.99. The fourth-order valence-electron chi connectivity index (χ4n) is 3.29. The van der Waals surface area contributed by atoms with E-state index >= 15 is 0 Å². The number of carbonyl (C=O) groups excluding carboxylic acids is 2. The zero-order chi connectivity index (χ0) is 21.1. The van der Waals surface area contributed by atoms with Crippen LogP contribution in [0.15, 0.2) is 42.6 Å². The molecule has 9 heteroatoms. The summed E-state index contributed by atoms with van der Waals surface area (Å²) in [6, 6.07) is 9.25. The number of amides is 2. The first-order chi connectivity index (χ1) is 14.5. The van der Waals surface area contributed by atoms with Gasteiger partial charge in [0.25, 0.3) is 5.91 Å². The van der Waals surface area contributed by atoms with Crippen molar-refractivity contribution in [1.29, 1.82) is 0 Å². The molecule has 1 unspecified atom stereocenters. The first kappa shape index (κ1) is 20.1. The molecule has 1 aliphatic rings. The van der Waals surface area contributed by atoms with Crippen LogP contribution in [0.1, 0.15) is 33.4 Å². The molecular formula is C21H19FN4O3S. The molecule has 7 nitrogen and oxygen atoms in total. The third-order valence-electron chi connectivity index (χ3n) is 4.76. The van der Waals surface area contributed by atoms with Crippen LogP contribution in [0, 0.1) is 5.82 Å². The van der Waals surface area contributed by atoms with Gasteiger partial charge in [-0.2, -0.15) is 0 Å². The molecule has 30 heavy (non-hydrogen) atoms. The van der Waals surface area contributed by atoms with Gasteiger partial charge in [-0.3, -0.25) is 14.6 Å². The number of aromatic hydroxyl groups is 1. The largest absolute Gasteiger partial charge is 0.504 e. The van der Waals surface area contributed by atoms with Crippen molar-refractivity contribution in [1.82, 2.24) is 20.6 Å². The number of nitrogens with one attached hydrogen (secondary N) is 2. The Bertz CT molecular complexity index is 1110. The standard InChI is InChI=1S/C21H19FN4O3S/c22-13-5-3-12(4-6-13)11-25-21(29)19-20(28)18-14(2-1-7-24-18)17(26-19)15-10-16(27)23-8-9-30-15/h1-7,15,28H,8-11H2,(H,23,27)(H,25,29). The second kappa shape index (κ2) is 8.66. The number of thioether (sulfide) groups is 1. The van der Waals surface area contributed by atoms with Gasteiger partial charge in [0, 0.05) is 36.8 Å². The Balaban J connectivity index is 1.68. The Kier molecular flexibility index (Phi) is 5.80. The summed E-state index contributed by atoms with van der Waals surface area (Å²) in [4.78, 5) is 33.5. The van der Waals surface area contributed by atoms with E-state index in [1.165, 1.54) is 18.3 Å². The molecule has 1 aliphatic heterocycles. The fraction of sp³-hybridized carbons (Fsp3) is 0.238. The average Bonchev–Trinajstić information content (AvgIpc) is 2.98. The molecule has 1 fully saturated rings. The van der Waals surface area contributed by atoms with Crippen LogP contribution in [0.25, 0.3) is 10.9 Å². The number of hydrogen-bond donors (Lipinski definition) is 3. The van der Waals surface area contributed by atoms with E-state index in [0.717, 1.165) is 0 Å². The normalized spacial score (nSPS) is 16.7. The molecule has 0 bridgehead atoms. The topological polar surface area (TPSA) is 104 Å². The van der Waals surface area contributed by atoms with E-state index in [1.54, 1.807) is 36.0 Å². The van der Waals surface area contributed by atoms with E-state index in [0.29, 0.717) is 28.9 Å². The Morgan fingerprint density at radius 2 is 2.10 bits per heavy atom. The van der Waals surface area contributed by atoms with Gasteiger partial charge in [-0.15, -0.1) is 11.8 Å². The van der Waals surface area contributed by atoms with Gasteiger partial charge < -0.3 is 15.7 Å². The molecule has 0 spiro atoms. The molecule has 154 valence electrons. The molecule has 3 heterocycles. The van der Waals surface area contributed by atoms with Crippen molar-refractivity contribution in [3.63, 3.8) is 0 Å². The summed E-state index contributed by atoms with van der Waals surface area (Å²) >= 11 is 1.57. The summed E-state index contributed by atoms with van der Waals surface area (Å²) in [5.41, 5.74) is 1.37. The molecule has 3 aromatic rings. The Labute approximate surface area is 176 Å². The number of benzene rings is 1. The quantitative estimate of drug-likeness (QED) is 0.593. The van der Waals surface area contributed by atoms with Crippen LogP contribution in [0.4, 0.5) is 4.39 Å². The van der Waals surface area contributed by atoms with Gasteiger partial charge in [0.15, 0.2) is 11.4 Å². The maximum atomic E-state index is 13.1. The summed E-state index contributed by atoms with van der Waals surface area (Å²) < 4.78 is 13.1.